The summed E-state index contributed by atoms with van der Waals surface area (Å²) in [6.07, 6.45) is 3.22. The van der Waals surface area contributed by atoms with Crippen LogP contribution in [0.25, 0.3) is 0 Å². The molecule has 0 radical (unpaired) electrons. The lowest BCUT2D eigenvalue weighted by molar-refractivity contribution is 0.102. The molecule has 0 aliphatic rings. The van der Waals surface area contributed by atoms with Crippen molar-refractivity contribution < 1.29 is 4.79 Å². The van der Waals surface area contributed by atoms with Crippen molar-refractivity contribution in [3.05, 3.63) is 57.8 Å². The van der Waals surface area contributed by atoms with Gasteiger partial charge in [-0.15, -0.1) is 0 Å². The minimum atomic E-state index is -0.248. The molecular weight excluding hydrogens is 304 g/mol. The lowest BCUT2D eigenvalue weighted by atomic mass is 10.2. The normalized spacial score (nSPS) is 10.0. The van der Waals surface area contributed by atoms with Gasteiger partial charge in [0.15, 0.2) is 0 Å². The van der Waals surface area contributed by atoms with Crippen LogP contribution in [0.1, 0.15) is 10.4 Å². The third kappa shape index (κ3) is 2.84. The standard InChI is InChI=1S/C12H8BrClN2O/c13-10-3-1-2-9(11(10)14)12(17)16-8-4-6-15-7-5-8/h1-7H,(H,15,16,17). The summed E-state index contributed by atoms with van der Waals surface area (Å²) in [5, 5.41) is 3.14. The van der Waals surface area contributed by atoms with Crippen molar-refractivity contribution in [3.63, 3.8) is 0 Å². The number of hydrogen-bond donors (Lipinski definition) is 1. The summed E-state index contributed by atoms with van der Waals surface area (Å²) in [6.45, 7) is 0. The second kappa shape index (κ2) is 5.29. The van der Waals surface area contributed by atoms with Crippen molar-refractivity contribution in [2.24, 2.45) is 0 Å². The van der Waals surface area contributed by atoms with Crippen LogP contribution in [-0.4, -0.2) is 10.9 Å². The van der Waals surface area contributed by atoms with Gasteiger partial charge in [0.05, 0.1) is 10.6 Å². The Labute approximate surface area is 112 Å². The number of anilines is 1. The van der Waals surface area contributed by atoms with Gasteiger partial charge in [0.25, 0.3) is 5.91 Å². The number of halogens is 2. The average molecular weight is 312 g/mol. The fraction of sp³-hybridized carbons (Fsp3) is 0. The van der Waals surface area contributed by atoms with Crippen molar-refractivity contribution in [3.8, 4) is 0 Å². The van der Waals surface area contributed by atoms with E-state index in [1.54, 1.807) is 42.7 Å². The Bertz CT molecular complexity index is 545. The van der Waals surface area contributed by atoms with Crippen molar-refractivity contribution >= 4 is 39.1 Å². The van der Waals surface area contributed by atoms with Gasteiger partial charge < -0.3 is 5.32 Å². The zero-order valence-corrected chi connectivity index (χ0v) is 11.0. The molecule has 1 heterocycles. The second-order valence-electron chi connectivity index (χ2n) is 3.29. The van der Waals surface area contributed by atoms with Gasteiger partial charge in [0.2, 0.25) is 0 Å². The molecular formula is C12H8BrClN2O. The monoisotopic (exact) mass is 310 g/mol. The highest BCUT2D eigenvalue weighted by Crippen LogP contribution is 2.26. The number of benzene rings is 1. The Morgan fingerprint density at radius 3 is 2.65 bits per heavy atom. The highest BCUT2D eigenvalue weighted by Gasteiger charge is 2.12. The molecule has 2 aromatic rings. The molecule has 0 saturated carbocycles. The van der Waals surface area contributed by atoms with Gasteiger partial charge in [-0.05, 0) is 40.2 Å². The summed E-state index contributed by atoms with van der Waals surface area (Å²) in [6, 6.07) is 8.64. The molecule has 2 rings (SSSR count). The molecule has 1 amide bonds. The number of amides is 1. The molecule has 1 N–H and O–H groups in total. The first kappa shape index (κ1) is 12.1. The molecule has 0 unspecified atom stereocenters. The fourth-order valence-electron chi connectivity index (χ4n) is 1.31. The molecule has 5 heteroatoms. The van der Waals surface area contributed by atoms with Gasteiger partial charge in [0, 0.05) is 22.6 Å². The van der Waals surface area contributed by atoms with Crippen LogP contribution in [0.2, 0.25) is 5.02 Å². The number of nitrogens with zero attached hydrogens (tertiary/aromatic N) is 1. The lowest BCUT2D eigenvalue weighted by Gasteiger charge is -2.07. The number of pyridine rings is 1. The van der Waals surface area contributed by atoms with Crippen LogP contribution in [0.5, 0.6) is 0 Å². The molecule has 0 bridgehead atoms. The number of rotatable bonds is 2. The Morgan fingerprint density at radius 2 is 1.94 bits per heavy atom. The Morgan fingerprint density at radius 1 is 1.24 bits per heavy atom. The van der Waals surface area contributed by atoms with Crippen molar-refractivity contribution in [1.29, 1.82) is 0 Å². The van der Waals surface area contributed by atoms with E-state index in [1.807, 2.05) is 0 Å². The summed E-state index contributed by atoms with van der Waals surface area (Å²) in [7, 11) is 0. The van der Waals surface area contributed by atoms with E-state index in [0.29, 0.717) is 20.7 Å². The third-order valence-electron chi connectivity index (χ3n) is 2.13. The molecule has 1 aromatic carbocycles. The molecule has 17 heavy (non-hydrogen) atoms. The molecule has 3 nitrogen and oxygen atoms in total. The van der Waals surface area contributed by atoms with Gasteiger partial charge in [-0.1, -0.05) is 17.7 Å². The van der Waals surface area contributed by atoms with Crippen LogP contribution < -0.4 is 5.32 Å². The molecule has 0 aliphatic carbocycles. The summed E-state index contributed by atoms with van der Waals surface area (Å²) < 4.78 is 0.696. The highest BCUT2D eigenvalue weighted by molar-refractivity contribution is 9.10. The highest BCUT2D eigenvalue weighted by atomic mass is 79.9. The predicted molar refractivity (Wildman–Crippen MR) is 71.3 cm³/mol. The molecule has 0 saturated heterocycles. The Hall–Kier alpha value is -1.39. The van der Waals surface area contributed by atoms with E-state index in [-0.39, 0.29) is 5.91 Å². The van der Waals surface area contributed by atoms with E-state index in [2.05, 4.69) is 26.2 Å². The van der Waals surface area contributed by atoms with Crippen LogP contribution in [0, 0.1) is 0 Å². The van der Waals surface area contributed by atoms with E-state index < -0.39 is 0 Å². The zero-order valence-electron chi connectivity index (χ0n) is 8.65. The van der Waals surface area contributed by atoms with Crippen LogP contribution in [0.3, 0.4) is 0 Å². The van der Waals surface area contributed by atoms with Gasteiger partial charge >= 0.3 is 0 Å². The van der Waals surface area contributed by atoms with Gasteiger partial charge in [0.1, 0.15) is 0 Å². The topological polar surface area (TPSA) is 42.0 Å². The Balaban J connectivity index is 2.24. The lowest BCUT2D eigenvalue weighted by Crippen LogP contribution is -2.12. The molecule has 0 aliphatic heterocycles. The van der Waals surface area contributed by atoms with Crippen LogP contribution >= 0.6 is 27.5 Å². The minimum absolute atomic E-state index is 0.248. The number of nitrogens with one attached hydrogen (secondary N) is 1. The van der Waals surface area contributed by atoms with Crippen LogP contribution in [-0.2, 0) is 0 Å². The van der Waals surface area contributed by atoms with E-state index in [0.717, 1.165) is 0 Å². The zero-order chi connectivity index (χ0) is 12.3. The van der Waals surface area contributed by atoms with Crippen LogP contribution in [0.4, 0.5) is 5.69 Å². The SMILES string of the molecule is O=C(Nc1ccncc1)c1cccc(Br)c1Cl. The number of carbonyl (C=O) groups is 1. The van der Waals surface area contributed by atoms with Gasteiger partial charge in [-0.2, -0.15) is 0 Å². The second-order valence-corrected chi connectivity index (χ2v) is 4.52. The smallest absolute Gasteiger partial charge is 0.257 e. The van der Waals surface area contributed by atoms with E-state index in [4.69, 9.17) is 11.6 Å². The molecule has 86 valence electrons. The quantitative estimate of drug-likeness (QED) is 0.918. The number of hydrogen-bond acceptors (Lipinski definition) is 2. The fourth-order valence-corrected chi connectivity index (χ4v) is 1.89. The largest absolute Gasteiger partial charge is 0.322 e. The van der Waals surface area contributed by atoms with Crippen molar-refractivity contribution in [1.82, 2.24) is 4.98 Å². The number of carbonyl (C=O) groups excluding carboxylic acids is 1. The third-order valence-corrected chi connectivity index (χ3v) is 3.43. The first-order valence-electron chi connectivity index (χ1n) is 4.84. The average Bonchev–Trinajstić information content (AvgIpc) is 2.34. The summed E-state index contributed by atoms with van der Waals surface area (Å²) in [5.41, 5.74) is 1.11. The van der Waals surface area contributed by atoms with E-state index in [9.17, 15) is 4.79 Å². The molecule has 1 aromatic heterocycles. The maximum Gasteiger partial charge on any atom is 0.257 e. The maximum absolute atomic E-state index is 12.0. The maximum atomic E-state index is 12.0. The van der Waals surface area contributed by atoms with Crippen LogP contribution in [0.15, 0.2) is 47.2 Å². The predicted octanol–water partition coefficient (Wildman–Crippen LogP) is 3.75. The van der Waals surface area contributed by atoms with E-state index in [1.165, 1.54) is 0 Å². The first-order chi connectivity index (χ1) is 8.18. The van der Waals surface area contributed by atoms with E-state index >= 15 is 0 Å². The first-order valence-corrected chi connectivity index (χ1v) is 6.01. The molecule has 0 atom stereocenters. The summed E-state index contributed by atoms with van der Waals surface area (Å²) >= 11 is 9.31. The van der Waals surface area contributed by atoms with Crippen molar-refractivity contribution in [2.45, 2.75) is 0 Å². The minimum Gasteiger partial charge on any atom is -0.322 e. The van der Waals surface area contributed by atoms with Crippen molar-refractivity contribution in [2.75, 3.05) is 5.32 Å². The summed E-state index contributed by atoms with van der Waals surface area (Å²) in [4.78, 5) is 15.8. The van der Waals surface area contributed by atoms with Gasteiger partial charge in [-0.3, -0.25) is 9.78 Å². The molecule has 0 spiro atoms. The van der Waals surface area contributed by atoms with Gasteiger partial charge in [-0.25, -0.2) is 0 Å². The number of aromatic nitrogens is 1. The summed E-state index contributed by atoms with van der Waals surface area (Å²) in [5.74, 6) is -0.248. The molecule has 0 fully saturated rings. The Kier molecular flexibility index (Phi) is 3.76.